The second-order valence-corrected chi connectivity index (χ2v) is 2.55. The van der Waals surface area contributed by atoms with E-state index in [0.717, 1.165) is 0 Å². The molecule has 0 aliphatic rings. The lowest BCUT2D eigenvalue weighted by atomic mass is 10.2. The maximum atomic E-state index is 11.4. The van der Waals surface area contributed by atoms with Gasteiger partial charge in [-0.15, -0.1) is 13.2 Å². The largest absolute Gasteiger partial charge is 0.323 e. The highest BCUT2D eigenvalue weighted by Gasteiger charge is 2.02. The molecule has 2 nitrogen and oxygen atoms in total. The van der Waals surface area contributed by atoms with Crippen LogP contribution in [0.3, 0.4) is 0 Å². The van der Waals surface area contributed by atoms with Gasteiger partial charge in [-0.25, -0.2) is 0 Å². The zero-order chi connectivity index (χ0) is 15.7. The molecule has 0 bridgehead atoms. The quantitative estimate of drug-likeness (QED) is 0.604. The van der Waals surface area contributed by atoms with Crippen molar-refractivity contribution >= 4 is 5.91 Å². The molecule has 0 aliphatic heterocycles. The Morgan fingerprint density at radius 1 is 1.05 bits per heavy atom. The van der Waals surface area contributed by atoms with Gasteiger partial charge in [0, 0.05) is 11.3 Å². The van der Waals surface area contributed by atoms with Crippen molar-refractivity contribution in [2.24, 2.45) is 0 Å². The second kappa shape index (κ2) is 18.3. The summed E-state index contributed by atoms with van der Waals surface area (Å²) in [4.78, 5) is 11.4. The summed E-state index contributed by atoms with van der Waals surface area (Å²) >= 11 is 0. The molecule has 0 heterocycles. The van der Waals surface area contributed by atoms with Gasteiger partial charge in [0.25, 0.3) is 5.91 Å². The minimum Gasteiger partial charge on any atom is -0.323 e. The van der Waals surface area contributed by atoms with Gasteiger partial charge in [0.05, 0.1) is 0 Å². The average Bonchev–Trinajstić information content (AvgIpc) is 2.54. The Hall–Kier alpha value is -2.09. The Labute approximate surface area is 118 Å². The molecule has 0 atom stereocenters. The highest BCUT2D eigenvalue weighted by molar-refractivity contribution is 5.95. The van der Waals surface area contributed by atoms with E-state index in [0.29, 0.717) is 11.3 Å². The third-order valence-corrected chi connectivity index (χ3v) is 1.56. The van der Waals surface area contributed by atoms with E-state index in [9.17, 15) is 4.79 Å². The van der Waals surface area contributed by atoms with Crippen molar-refractivity contribution in [2.45, 2.75) is 27.7 Å². The fourth-order valence-corrected chi connectivity index (χ4v) is 0.859. The van der Waals surface area contributed by atoms with E-state index in [2.05, 4.69) is 31.6 Å². The topological polar surface area (TPSA) is 29.1 Å². The molecule has 0 aromatic heterocycles. The molecule has 1 N–H and O–H groups in total. The Bertz CT molecular complexity index is 342. The third kappa shape index (κ3) is 12.2. The fourth-order valence-electron chi connectivity index (χ4n) is 0.859. The lowest BCUT2D eigenvalue weighted by molar-refractivity contribution is 0.0967. The summed E-state index contributed by atoms with van der Waals surface area (Å²) in [6, 6.07) is 8.97. The SMILES string of the molecule is C=C.C=CC(=C)NC(=O)c1ccccc1.CC.CC. The van der Waals surface area contributed by atoms with Gasteiger partial charge < -0.3 is 5.32 Å². The molecule has 0 fully saturated rings. The van der Waals surface area contributed by atoms with E-state index < -0.39 is 0 Å². The average molecular weight is 261 g/mol. The van der Waals surface area contributed by atoms with E-state index in [4.69, 9.17) is 0 Å². The predicted octanol–water partition coefficient (Wildman–Crippen LogP) is 4.97. The lowest BCUT2D eigenvalue weighted by Gasteiger charge is -2.03. The summed E-state index contributed by atoms with van der Waals surface area (Å²) in [7, 11) is 0. The van der Waals surface area contributed by atoms with Crippen LogP contribution in [0.5, 0.6) is 0 Å². The van der Waals surface area contributed by atoms with Crippen molar-refractivity contribution in [1.82, 2.24) is 5.32 Å². The number of carbonyl (C=O) groups is 1. The number of amides is 1. The Kier molecular flexibility index (Phi) is 21.3. The summed E-state index contributed by atoms with van der Waals surface area (Å²) in [5.74, 6) is -0.162. The summed E-state index contributed by atoms with van der Waals surface area (Å²) in [5.41, 5.74) is 1.12. The first-order chi connectivity index (χ1) is 9.24. The smallest absolute Gasteiger partial charge is 0.255 e. The molecule has 1 aromatic carbocycles. The number of hydrogen-bond acceptors (Lipinski definition) is 1. The van der Waals surface area contributed by atoms with Crippen LogP contribution in [0.1, 0.15) is 38.1 Å². The van der Waals surface area contributed by atoms with Crippen molar-refractivity contribution in [1.29, 1.82) is 0 Å². The van der Waals surface area contributed by atoms with E-state index in [1.54, 1.807) is 12.1 Å². The number of hydrogen-bond donors (Lipinski definition) is 1. The predicted molar refractivity (Wildman–Crippen MR) is 87.2 cm³/mol. The summed E-state index contributed by atoms with van der Waals surface area (Å²) in [6.07, 6.45) is 1.50. The van der Waals surface area contributed by atoms with Crippen LogP contribution in [0, 0.1) is 0 Å². The molecular formula is C17H27NO. The van der Waals surface area contributed by atoms with Crippen LogP contribution in [0.25, 0.3) is 0 Å². The molecule has 19 heavy (non-hydrogen) atoms. The van der Waals surface area contributed by atoms with Crippen LogP contribution in [-0.4, -0.2) is 5.91 Å². The number of nitrogens with one attached hydrogen (secondary N) is 1. The van der Waals surface area contributed by atoms with Crippen LogP contribution < -0.4 is 5.32 Å². The van der Waals surface area contributed by atoms with Gasteiger partial charge >= 0.3 is 0 Å². The first-order valence-electron chi connectivity index (χ1n) is 6.42. The Morgan fingerprint density at radius 2 is 1.47 bits per heavy atom. The molecule has 0 unspecified atom stereocenters. The van der Waals surface area contributed by atoms with Gasteiger partial charge in [-0.1, -0.05) is 59.1 Å². The fraction of sp³-hybridized carbons (Fsp3) is 0.235. The molecule has 1 rings (SSSR count). The van der Waals surface area contributed by atoms with Gasteiger partial charge in [-0.3, -0.25) is 4.79 Å². The zero-order valence-corrected chi connectivity index (χ0v) is 12.7. The molecule has 0 spiro atoms. The maximum absolute atomic E-state index is 11.4. The Balaban J connectivity index is -0.000000375. The van der Waals surface area contributed by atoms with E-state index >= 15 is 0 Å². The minimum absolute atomic E-state index is 0.162. The summed E-state index contributed by atoms with van der Waals surface area (Å²) in [6.45, 7) is 21.1. The van der Waals surface area contributed by atoms with Crippen molar-refractivity contribution < 1.29 is 4.79 Å². The highest BCUT2D eigenvalue weighted by atomic mass is 16.1. The van der Waals surface area contributed by atoms with E-state index in [-0.39, 0.29) is 5.91 Å². The van der Waals surface area contributed by atoms with Crippen LogP contribution in [0.4, 0.5) is 0 Å². The van der Waals surface area contributed by atoms with Crippen LogP contribution in [0.15, 0.2) is 68.4 Å². The lowest BCUT2D eigenvalue weighted by Crippen LogP contribution is -2.20. The van der Waals surface area contributed by atoms with Gasteiger partial charge in [0.2, 0.25) is 0 Å². The molecule has 0 saturated carbocycles. The number of benzene rings is 1. The van der Waals surface area contributed by atoms with Crippen LogP contribution in [0.2, 0.25) is 0 Å². The number of carbonyl (C=O) groups excluding carboxylic acids is 1. The van der Waals surface area contributed by atoms with E-state index in [1.165, 1.54) is 6.08 Å². The van der Waals surface area contributed by atoms with Crippen LogP contribution >= 0.6 is 0 Å². The second-order valence-electron chi connectivity index (χ2n) is 2.55. The first-order valence-corrected chi connectivity index (χ1v) is 6.42. The van der Waals surface area contributed by atoms with Crippen molar-refractivity contribution in [3.63, 3.8) is 0 Å². The van der Waals surface area contributed by atoms with Crippen LogP contribution in [-0.2, 0) is 0 Å². The molecule has 0 radical (unpaired) electrons. The van der Waals surface area contributed by atoms with E-state index in [1.807, 2.05) is 45.9 Å². The molecule has 106 valence electrons. The van der Waals surface area contributed by atoms with Crippen molar-refractivity contribution in [3.05, 3.63) is 74.0 Å². The molecule has 0 aliphatic carbocycles. The highest BCUT2D eigenvalue weighted by Crippen LogP contribution is 1.99. The normalized spacial score (nSPS) is 6.95. The third-order valence-electron chi connectivity index (χ3n) is 1.56. The monoisotopic (exact) mass is 261 g/mol. The Morgan fingerprint density at radius 3 is 1.84 bits per heavy atom. The van der Waals surface area contributed by atoms with Crippen molar-refractivity contribution in [3.8, 4) is 0 Å². The van der Waals surface area contributed by atoms with Gasteiger partial charge in [0.1, 0.15) is 0 Å². The zero-order valence-electron chi connectivity index (χ0n) is 12.7. The summed E-state index contributed by atoms with van der Waals surface area (Å²) < 4.78 is 0. The summed E-state index contributed by atoms with van der Waals surface area (Å²) in [5, 5.41) is 2.59. The standard InChI is InChI=1S/C11H11NO.2C2H6.C2H4/c1-3-9(2)12-11(13)10-7-5-4-6-8-10;3*1-2/h3-8H,1-2H2,(H,12,13);2*1-2H3;1-2H2. The first kappa shape index (κ1) is 22.1. The molecule has 1 aromatic rings. The number of allylic oxidation sites excluding steroid dienone is 1. The number of rotatable bonds is 3. The molecular weight excluding hydrogens is 234 g/mol. The van der Waals surface area contributed by atoms with Crippen molar-refractivity contribution in [2.75, 3.05) is 0 Å². The maximum Gasteiger partial charge on any atom is 0.255 e. The minimum atomic E-state index is -0.162. The van der Waals surface area contributed by atoms with Gasteiger partial charge in [0.15, 0.2) is 0 Å². The molecule has 0 saturated heterocycles. The molecule has 2 heteroatoms. The molecule has 1 amide bonds. The van der Waals surface area contributed by atoms with Gasteiger partial charge in [-0.2, -0.15) is 0 Å². The van der Waals surface area contributed by atoms with Gasteiger partial charge in [-0.05, 0) is 18.2 Å².